The highest BCUT2D eigenvalue weighted by Gasteiger charge is 2.29. The highest BCUT2D eigenvalue weighted by Crippen LogP contribution is 2.20. The van der Waals surface area contributed by atoms with Crippen LogP contribution in [0.25, 0.3) is 0 Å². The summed E-state index contributed by atoms with van der Waals surface area (Å²) in [5, 5.41) is 0. The highest BCUT2D eigenvalue weighted by molar-refractivity contribution is 7.89. The van der Waals surface area contributed by atoms with Crippen LogP contribution in [0.3, 0.4) is 0 Å². The standard InChI is InChI=1S/C20H24N2O4S/c1-16-14-22(12-13-26-16)27(24,25)19-10-8-18(9-11-19)20(23)21(2)15-17-6-4-3-5-7-17/h3-11,16H,12-15H2,1-2H3. The molecule has 1 aliphatic heterocycles. The summed E-state index contributed by atoms with van der Waals surface area (Å²) in [6.07, 6.45) is -0.124. The maximum Gasteiger partial charge on any atom is 0.253 e. The van der Waals surface area contributed by atoms with Gasteiger partial charge in [-0.05, 0) is 36.8 Å². The Bertz CT molecular complexity index is 882. The zero-order valence-corrected chi connectivity index (χ0v) is 16.4. The van der Waals surface area contributed by atoms with Gasteiger partial charge in [0.1, 0.15) is 0 Å². The molecule has 1 saturated heterocycles. The Balaban J connectivity index is 1.71. The van der Waals surface area contributed by atoms with Crippen LogP contribution in [0.4, 0.5) is 0 Å². The fourth-order valence-electron chi connectivity index (χ4n) is 3.07. The number of amides is 1. The molecule has 2 aromatic carbocycles. The first kappa shape index (κ1) is 19.5. The fraction of sp³-hybridized carbons (Fsp3) is 0.350. The molecule has 0 N–H and O–H groups in total. The van der Waals surface area contributed by atoms with Gasteiger partial charge < -0.3 is 9.64 Å². The molecule has 1 amide bonds. The summed E-state index contributed by atoms with van der Waals surface area (Å²) < 4.78 is 32.4. The van der Waals surface area contributed by atoms with E-state index in [-0.39, 0.29) is 16.9 Å². The molecule has 144 valence electrons. The largest absolute Gasteiger partial charge is 0.376 e. The summed E-state index contributed by atoms with van der Waals surface area (Å²) >= 11 is 0. The van der Waals surface area contributed by atoms with Crippen LogP contribution in [-0.4, -0.2) is 56.4 Å². The molecular formula is C20H24N2O4S. The number of benzene rings is 2. The van der Waals surface area contributed by atoms with E-state index < -0.39 is 10.0 Å². The van der Waals surface area contributed by atoms with Crippen molar-refractivity contribution in [3.8, 4) is 0 Å². The normalized spacial score (nSPS) is 18.2. The quantitative estimate of drug-likeness (QED) is 0.789. The Morgan fingerprint density at radius 2 is 1.81 bits per heavy atom. The van der Waals surface area contributed by atoms with Gasteiger partial charge in [0.25, 0.3) is 5.91 Å². The zero-order chi connectivity index (χ0) is 19.4. The minimum absolute atomic E-state index is 0.124. The second-order valence-electron chi connectivity index (χ2n) is 6.72. The monoisotopic (exact) mass is 388 g/mol. The van der Waals surface area contributed by atoms with Crippen molar-refractivity contribution in [3.05, 3.63) is 65.7 Å². The van der Waals surface area contributed by atoms with Gasteiger partial charge >= 0.3 is 0 Å². The van der Waals surface area contributed by atoms with Crippen molar-refractivity contribution >= 4 is 15.9 Å². The van der Waals surface area contributed by atoms with E-state index in [1.54, 1.807) is 24.1 Å². The lowest BCUT2D eigenvalue weighted by Gasteiger charge is -2.30. The lowest BCUT2D eigenvalue weighted by molar-refractivity contribution is 0.0102. The van der Waals surface area contributed by atoms with Gasteiger partial charge in [-0.1, -0.05) is 30.3 Å². The van der Waals surface area contributed by atoms with Crippen LogP contribution in [-0.2, 0) is 21.3 Å². The average Bonchev–Trinajstić information content (AvgIpc) is 2.68. The Morgan fingerprint density at radius 1 is 1.15 bits per heavy atom. The van der Waals surface area contributed by atoms with Crippen molar-refractivity contribution in [2.75, 3.05) is 26.7 Å². The molecule has 0 saturated carbocycles. The predicted octanol–water partition coefficient (Wildman–Crippen LogP) is 2.37. The van der Waals surface area contributed by atoms with E-state index in [0.717, 1.165) is 5.56 Å². The van der Waals surface area contributed by atoms with E-state index in [2.05, 4.69) is 0 Å². The fourth-order valence-corrected chi connectivity index (χ4v) is 4.57. The Hall–Kier alpha value is -2.22. The summed E-state index contributed by atoms with van der Waals surface area (Å²) in [6.45, 7) is 3.41. The van der Waals surface area contributed by atoms with Crippen molar-refractivity contribution in [1.82, 2.24) is 9.21 Å². The lowest BCUT2D eigenvalue weighted by Crippen LogP contribution is -2.44. The van der Waals surface area contributed by atoms with Crippen molar-refractivity contribution in [2.45, 2.75) is 24.5 Å². The number of morpholine rings is 1. The molecule has 0 bridgehead atoms. The van der Waals surface area contributed by atoms with Gasteiger partial charge in [-0.2, -0.15) is 4.31 Å². The molecule has 1 aliphatic rings. The van der Waals surface area contributed by atoms with Gasteiger partial charge in [0.2, 0.25) is 10.0 Å². The van der Waals surface area contributed by atoms with Crippen molar-refractivity contribution in [3.63, 3.8) is 0 Å². The molecule has 0 radical (unpaired) electrons. The third-order valence-electron chi connectivity index (χ3n) is 4.55. The first-order valence-corrected chi connectivity index (χ1v) is 10.3. The predicted molar refractivity (Wildman–Crippen MR) is 103 cm³/mol. The molecular weight excluding hydrogens is 364 g/mol. The van der Waals surface area contributed by atoms with Crippen LogP contribution < -0.4 is 0 Å². The Morgan fingerprint density at radius 3 is 2.44 bits per heavy atom. The number of sulfonamides is 1. The van der Waals surface area contributed by atoms with Crippen LogP contribution in [0.2, 0.25) is 0 Å². The van der Waals surface area contributed by atoms with Crippen LogP contribution in [0.1, 0.15) is 22.8 Å². The van der Waals surface area contributed by atoms with E-state index in [1.807, 2.05) is 37.3 Å². The molecule has 27 heavy (non-hydrogen) atoms. The van der Waals surface area contributed by atoms with Crippen molar-refractivity contribution in [1.29, 1.82) is 0 Å². The van der Waals surface area contributed by atoms with Gasteiger partial charge in [0, 0.05) is 32.2 Å². The summed E-state index contributed by atoms with van der Waals surface area (Å²) in [4.78, 5) is 14.4. The first-order valence-electron chi connectivity index (χ1n) is 8.89. The molecule has 3 rings (SSSR count). The van der Waals surface area contributed by atoms with Crippen LogP contribution in [0, 0.1) is 0 Å². The van der Waals surface area contributed by atoms with E-state index in [1.165, 1.54) is 16.4 Å². The van der Waals surface area contributed by atoms with Gasteiger partial charge in [-0.15, -0.1) is 0 Å². The molecule has 1 fully saturated rings. The number of ether oxygens (including phenoxy) is 1. The second kappa shape index (κ2) is 8.21. The molecule has 7 heteroatoms. The molecule has 1 heterocycles. The van der Waals surface area contributed by atoms with Crippen molar-refractivity contribution < 1.29 is 17.9 Å². The second-order valence-corrected chi connectivity index (χ2v) is 8.65. The summed E-state index contributed by atoms with van der Waals surface area (Å²) in [7, 11) is -1.85. The molecule has 6 nitrogen and oxygen atoms in total. The van der Waals surface area contributed by atoms with Gasteiger partial charge in [0.05, 0.1) is 17.6 Å². The summed E-state index contributed by atoms with van der Waals surface area (Å²) in [5.41, 5.74) is 1.50. The van der Waals surface area contributed by atoms with Gasteiger partial charge in [0.15, 0.2) is 0 Å². The number of carbonyl (C=O) groups excluding carboxylic acids is 1. The molecule has 2 aromatic rings. The first-order chi connectivity index (χ1) is 12.9. The SMILES string of the molecule is CC1CN(S(=O)(=O)c2ccc(C(=O)N(C)Cc3ccccc3)cc2)CCO1. The maximum atomic E-state index is 12.8. The Labute approximate surface area is 160 Å². The molecule has 0 aliphatic carbocycles. The van der Waals surface area contributed by atoms with E-state index in [0.29, 0.717) is 31.8 Å². The van der Waals surface area contributed by atoms with Gasteiger partial charge in [-0.25, -0.2) is 8.42 Å². The number of nitrogens with zero attached hydrogens (tertiary/aromatic N) is 2. The molecule has 0 spiro atoms. The van der Waals surface area contributed by atoms with Crippen LogP contribution in [0.5, 0.6) is 0 Å². The summed E-state index contributed by atoms with van der Waals surface area (Å²) in [6, 6.07) is 15.9. The summed E-state index contributed by atoms with van der Waals surface area (Å²) in [5.74, 6) is -0.150. The van der Waals surface area contributed by atoms with Crippen LogP contribution >= 0.6 is 0 Å². The number of hydrogen-bond donors (Lipinski definition) is 0. The third-order valence-corrected chi connectivity index (χ3v) is 6.43. The molecule has 0 aromatic heterocycles. The van der Waals surface area contributed by atoms with Crippen LogP contribution in [0.15, 0.2) is 59.5 Å². The third kappa shape index (κ3) is 4.55. The smallest absolute Gasteiger partial charge is 0.253 e. The van der Waals surface area contributed by atoms with E-state index in [4.69, 9.17) is 4.74 Å². The minimum atomic E-state index is -3.58. The van der Waals surface area contributed by atoms with E-state index in [9.17, 15) is 13.2 Å². The van der Waals surface area contributed by atoms with Crippen molar-refractivity contribution in [2.24, 2.45) is 0 Å². The zero-order valence-electron chi connectivity index (χ0n) is 15.5. The number of hydrogen-bond acceptors (Lipinski definition) is 4. The highest BCUT2D eigenvalue weighted by atomic mass is 32.2. The number of carbonyl (C=O) groups is 1. The molecule has 1 unspecified atom stereocenters. The minimum Gasteiger partial charge on any atom is -0.376 e. The average molecular weight is 388 g/mol. The lowest BCUT2D eigenvalue weighted by atomic mass is 10.1. The van der Waals surface area contributed by atoms with Gasteiger partial charge in [-0.3, -0.25) is 4.79 Å². The van der Waals surface area contributed by atoms with E-state index >= 15 is 0 Å². The number of rotatable bonds is 5. The Kier molecular flexibility index (Phi) is 5.94. The molecule has 1 atom stereocenters. The topological polar surface area (TPSA) is 66.9 Å². The maximum absolute atomic E-state index is 12.8.